The molecule has 0 fully saturated rings. The van der Waals surface area contributed by atoms with E-state index in [4.69, 9.17) is 24.3 Å². The third kappa shape index (κ3) is 85.4. The van der Waals surface area contributed by atoms with Gasteiger partial charge in [0.05, 0.1) is 13.2 Å². The van der Waals surface area contributed by atoms with Crippen molar-refractivity contribution in [2.75, 3.05) is 26.4 Å². The second-order valence-electron chi connectivity index (χ2n) is 26.9. The van der Waals surface area contributed by atoms with Gasteiger partial charge in [-0.15, -0.1) is 0 Å². The molecule has 0 saturated heterocycles. The summed E-state index contributed by atoms with van der Waals surface area (Å²) in [6, 6.07) is 0. The van der Waals surface area contributed by atoms with E-state index in [-0.39, 0.29) is 38.6 Å². The lowest BCUT2D eigenvalue weighted by Crippen LogP contribution is -2.29. The molecule has 0 aromatic carbocycles. The standard InChI is InChI=1S/C93H152NO8P/c1-3-5-7-9-11-13-15-17-19-21-23-25-27-29-31-33-35-37-39-41-43-45-47-49-51-53-55-57-59-61-63-65-67-69-71-73-75-77-79-81-83-85-92(95)99-89-91(90-101-103(97,98)100-88-87-94)102-93(96)86-84-82-80-78-76-74-72-70-68-66-64-62-60-58-56-54-52-50-48-46-44-42-40-38-36-34-32-30-28-26-24-22-20-18-16-14-12-10-8-6-4-2/h5-8,11-14,17-20,23-26,29-32,35-38,41-44,48,50,54,56,60,62,91H,3-4,9-10,15-16,21-22,27-28,33-34,39-40,45-47,49,51-53,55,57-59,61,63-90,94H2,1-2H3,(H,97,98)/b7-5-,8-6-,13-11-,14-12-,19-17-,20-18-,25-23-,26-24-,31-29-,32-30-,37-35-,38-36-,43-41-,44-42-,50-48-,56-54-,62-60-. The van der Waals surface area contributed by atoms with E-state index in [9.17, 15) is 19.0 Å². The van der Waals surface area contributed by atoms with Crippen molar-refractivity contribution in [3.63, 3.8) is 0 Å². The summed E-state index contributed by atoms with van der Waals surface area (Å²) in [5, 5.41) is 0. The van der Waals surface area contributed by atoms with Crippen LogP contribution in [0.25, 0.3) is 0 Å². The lowest BCUT2D eigenvalue weighted by Gasteiger charge is -2.19. The number of nitrogens with two attached hydrogens (primary N) is 1. The van der Waals surface area contributed by atoms with Gasteiger partial charge >= 0.3 is 19.8 Å². The van der Waals surface area contributed by atoms with Gasteiger partial charge in [0.15, 0.2) is 6.10 Å². The molecule has 0 aliphatic rings. The van der Waals surface area contributed by atoms with Gasteiger partial charge in [-0.1, -0.05) is 381 Å². The molecule has 0 amide bonds. The Balaban J connectivity index is 3.88. The number of hydrogen-bond acceptors (Lipinski definition) is 8. The Morgan fingerprint density at radius 3 is 0.748 bits per heavy atom. The smallest absolute Gasteiger partial charge is 0.462 e. The normalized spacial score (nSPS) is 13.9. The molecule has 582 valence electrons. The molecule has 0 aliphatic carbocycles. The van der Waals surface area contributed by atoms with Gasteiger partial charge in [0.1, 0.15) is 6.61 Å². The minimum atomic E-state index is -4.41. The highest BCUT2D eigenvalue weighted by Gasteiger charge is 2.26. The van der Waals surface area contributed by atoms with Crippen LogP contribution < -0.4 is 5.73 Å². The number of phosphoric acid groups is 1. The number of rotatable bonds is 76. The fraction of sp³-hybridized carbons (Fsp3) is 0.613. The highest BCUT2D eigenvalue weighted by atomic mass is 31.2. The molecule has 2 unspecified atom stereocenters. The Kier molecular flexibility index (Phi) is 81.0. The fourth-order valence-electron chi connectivity index (χ4n) is 11.1. The molecule has 0 aliphatic heterocycles. The van der Waals surface area contributed by atoms with Crippen molar-refractivity contribution < 1.29 is 37.6 Å². The average Bonchev–Trinajstić information content (AvgIpc) is 0.970. The molecule has 3 N–H and O–H groups in total. The number of carbonyl (C=O) groups excluding carboxylic acids is 2. The summed E-state index contributed by atoms with van der Waals surface area (Å²) in [5.41, 5.74) is 5.42. The Morgan fingerprint density at radius 2 is 0.505 bits per heavy atom. The molecule has 0 rings (SSSR count). The van der Waals surface area contributed by atoms with Crippen molar-refractivity contribution in [2.24, 2.45) is 5.73 Å². The zero-order valence-corrected chi connectivity index (χ0v) is 66.6. The van der Waals surface area contributed by atoms with E-state index in [2.05, 4.69) is 220 Å². The maximum Gasteiger partial charge on any atom is 0.472 e. The van der Waals surface area contributed by atoms with E-state index in [1.807, 2.05) is 0 Å². The van der Waals surface area contributed by atoms with Gasteiger partial charge < -0.3 is 20.1 Å². The van der Waals surface area contributed by atoms with Crippen LogP contribution in [0.5, 0.6) is 0 Å². The Morgan fingerprint density at radius 1 is 0.291 bits per heavy atom. The van der Waals surface area contributed by atoms with Gasteiger partial charge in [-0.2, -0.15) is 0 Å². The Labute approximate surface area is 633 Å². The summed E-state index contributed by atoms with van der Waals surface area (Å²) in [5.74, 6) is -0.833. The Bertz CT molecular complexity index is 2460. The van der Waals surface area contributed by atoms with Crippen molar-refractivity contribution in [3.8, 4) is 0 Å². The molecule has 0 bridgehead atoms. The molecule has 0 aromatic heterocycles. The van der Waals surface area contributed by atoms with Gasteiger partial charge in [0, 0.05) is 19.4 Å². The van der Waals surface area contributed by atoms with Crippen LogP contribution in [-0.4, -0.2) is 49.3 Å². The largest absolute Gasteiger partial charge is 0.472 e. The van der Waals surface area contributed by atoms with Crippen molar-refractivity contribution in [1.82, 2.24) is 0 Å². The average molecular weight is 1440 g/mol. The number of hydrogen-bond donors (Lipinski definition) is 2. The third-order valence-electron chi connectivity index (χ3n) is 17.2. The van der Waals surface area contributed by atoms with Gasteiger partial charge in [-0.25, -0.2) is 4.57 Å². The van der Waals surface area contributed by atoms with Crippen LogP contribution in [0.2, 0.25) is 0 Å². The monoisotopic (exact) mass is 1440 g/mol. The summed E-state index contributed by atoms with van der Waals surface area (Å²) >= 11 is 0. The second-order valence-corrected chi connectivity index (χ2v) is 28.3. The van der Waals surface area contributed by atoms with Gasteiger partial charge in [-0.3, -0.25) is 18.6 Å². The van der Waals surface area contributed by atoms with E-state index in [0.717, 1.165) is 154 Å². The highest BCUT2D eigenvalue weighted by molar-refractivity contribution is 7.47. The highest BCUT2D eigenvalue weighted by Crippen LogP contribution is 2.43. The zero-order valence-electron chi connectivity index (χ0n) is 65.7. The molecule has 0 spiro atoms. The summed E-state index contributed by atoms with van der Waals surface area (Å²) in [6.45, 7) is 3.52. The predicted molar refractivity (Wildman–Crippen MR) is 449 cm³/mol. The van der Waals surface area contributed by atoms with Gasteiger partial charge in [-0.05, 0) is 148 Å². The number of allylic oxidation sites excluding steroid dienone is 34. The molecule has 0 heterocycles. The molecule has 103 heavy (non-hydrogen) atoms. The number of carbonyl (C=O) groups is 2. The van der Waals surface area contributed by atoms with Gasteiger partial charge in [0.25, 0.3) is 0 Å². The van der Waals surface area contributed by atoms with Crippen LogP contribution in [0.15, 0.2) is 207 Å². The topological polar surface area (TPSA) is 134 Å². The van der Waals surface area contributed by atoms with E-state index >= 15 is 0 Å². The van der Waals surface area contributed by atoms with Crippen molar-refractivity contribution in [3.05, 3.63) is 207 Å². The lowest BCUT2D eigenvalue weighted by molar-refractivity contribution is -0.161. The van der Waals surface area contributed by atoms with Crippen LogP contribution in [0, 0.1) is 0 Å². The number of unbranched alkanes of at least 4 members (excludes halogenated alkanes) is 29. The first-order chi connectivity index (χ1) is 50.8. The molecule has 0 radical (unpaired) electrons. The Hall–Kier alpha value is -5.41. The first kappa shape index (κ1) is 97.6. The molecule has 0 aromatic rings. The summed E-state index contributed by atoms with van der Waals surface area (Å²) < 4.78 is 33.3. The van der Waals surface area contributed by atoms with Crippen LogP contribution >= 0.6 is 7.82 Å². The fourth-order valence-corrected chi connectivity index (χ4v) is 11.9. The minimum Gasteiger partial charge on any atom is -0.462 e. The van der Waals surface area contributed by atoms with Gasteiger partial charge in [0.2, 0.25) is 0 Å². The van der Waals surface area contributed by atoms with E-state index in [1.54, 1.807) is 0 Å². The molecular weight excluding hydrogens is 1290 g/mol. The molecule has 10 heteroatoms. The quantitative estimate of drug-likeness (QED) is 0.0264. The van der Waals surface area contributed by atoms with Crippen molar-refractivity contribution >= 4 is 19.8 Å². The predicted octanol–water partition coefficient (Wildman–Crippen LogP) is 28.5. The summed E-state index contributed by atoms with van der Waals surface area (Å²) in [4.78, 5) is 35.5. The third-order valence-corrected chi connectivity index (χ3v) is 18.1. The zero-order chi connectivity index (χ0) is 74.3. The van der Waals surface area contributed by atoms with Crippen LogP contribution in [-0.2, 0) is 32.7 Å². The first-order valence-electron chi connectivity index (χ1n) is 41.6. The lowest BCUT2D eigenvalue weighted by atomic mass is 10.0. The van der Waals surface area contributed by atoms with Crippen LogP contribution in [0.4, 0.5) is 0 Å². The summed E-state index contributed by atoms with van der Waals surface area (Å²) in [6.07, 6.45) is 131. The van der Waals surface area contributed by atoms with Crippen LogP contribution in [0.3, 0.4) is 0 Å². The number of esters is 2. The molecule has 2 atom stereocenters. The molecular formula is C93H152NO8P. The second kappa shape index (κ2) is 85.5. The number of ether oxygens (including phenoxy) is 2. The minimum absolute atomic E-state index is 0.0454. The maximum atomic E-state index is 12.8. The van der Waals surface area contributed by atoms with Crippen LogP contribution in [0.1, 0.15) is 335 Å². The maximum absolute atomic E-state index is 12.8. The first-order valence-corrected chi connectivity index (χ1v) is 43.1. The summed E-state index contributed by atoms with van der Waals surface area (Å²) in [7, 11) is -4.41. The number of phosphoric ester groups is 1. The van der Waals surface area contributed by atoms with Crippen molar-refractivity contribution in [2.45, 2.75) is 341 Å². The molecule has 9 nitrogen and oxygen atoms in total. The van der Waals surface area contributed by atoms with E-state index in [1.165, 1.54) is 148 Å². The van der Waals surface area contributed by atoms with Crippen molar-refractivity contribution in [1.29, 1.82) is 0 Å². The molecule has 0 saturated carbocycles. The SMILES string of the molecule is CC/C=C\C/C=C\C/C=C\C/C=C\C/C=C\C/C=C\C/C=C\C/C=C\C/C=C\C/C=C\CCCCCCCCCCCCC(=O)OC(COC(=O)CCCCCCCCCCCCCCCCCCCCC/C=C\C/C=C\C/C=C\C/C=C\C/C=C\C/C=C\C/C=C\CC)COP(=O)(O)OCCN. The van der Waals surface area contributed by atoms with E-state index in [0.29, 0.717) is 6.42 Å². The van der Waals surface area contributed by atoms with E-state index < -0.39 is 26.5 Å².